The summed E-state index contributed by atoms with van der Waals surface area (Å²) in [5.41, 5.74) is 11.1. The molecule has 0 spiro atoms. The Bertz CT molecular complexity index is 1630. The molecule has 0 unspecified atom stereocenters. The zero-order chi connectivity index (χ0) is 33.4. The molecule has 13 nitrogen and oxygen atoms in total. The standard InChI is InChI=1S/C34H36N6O7.2CH4/c1-45-19-20-47-34(44)38-30-17-9-26(10-18-30)22-24-5-13-28(14-6-24)36-32(42)40-39-31(41)35-27-11-3-23(4-12-27)21-25-7-15-29(16-8-25)37-33(43)46-2;;/h3-18H,19-22H2,1-2H3,(H,37,43)(H,38,44)(H2,35,39,41)(H2,36,40,42);2*1H4. The monoisotopic (exact) mass is 672 g/mol. The van der Waals surface area contributed by atoms with Gasteiger partial charge in [0.15, 0.2) is 0 Å². The van der Waals surface area contributed by atoms with Crippen molar-refractivity contribution >= 4 is 47.0 Å². The molecule has 0 aliphatic heterocycles. The number of methoxy groups -OCH3 is 2. The predicted octanol–water partition coefficient (Wildman–Crippen LogP) is 7.37. The normalized spacial score (nSPS) is 9.84. The molecule has 6 N–H and O–H groups in total. The van der Waals surface area contributed by atoms with E-state index in [9.17, 15) is 19.2 Å². The van der Waals surface area contributed by atoms with Crippen molar-refractivity contribution < 1.29 is 33.4 Å². The Morgan fingerprint density at radius 1 is 0.469 bits per heavy atom. The fourth-order valence-corrected chi connectivity index (χ4v) is 4.27. The number of amides is 6. The van der Waals surface area contributed by atoms with Crippen molar-refractivity contribution in [2.45, 2.75) is 27.7 Å². The van der Waals surface area contributed by atoms with Gasteiger partial charge >= 0.3 is 24.2 Å². The van der Waals surface area contributed by atoms with Gasteiger partial charge in [0.25, 0.3) is 0 Å². The number of urea groups is 2. The highest BCUT2D eigenvalue weighted by Gasteiger charge is 2.08. The van der Waals surface area contributed by atoms with E-state index in [-0.39, 0.29) is 21.5 Å². The zero-order valence-electron chi connectivity index (χ0n) is 25.9. The number of anilines is 4. The molecule has 0 aliphatic carbocycles. The van der Waals surface area contributed by atoms with E-state index in [0.29, 0.717) is 42.2 Å². The zero-order valence-corrected chi connectivity index (χ0v) is 25.9. The van der Waals surface area contributed by atoms with Crippen molar-refractivity contribution in [3.05, 3.63) is 119 Å². The molecule has 13 heteroatoms. The third-order valence-corrected chi connectivity index (χ3v) is 6.64. The fourth-order valence-electron chi connectivity index (χ4n) is 4.27. The van der Waals surface area contributed by atoms with Crippen LogP contribution in [0.2, 0.25) is 0 Å². The number of benzene rings is 4. The quantitative estimate of drug-likeness (QED) is 0.0714. The maximum absolute atomic E-state index is 12.3. The number of rotatable bonds is 11. The molecule has 49 heavy (non-hydrogen) atoms. The minimum Gasteiger partial charge on any atom is -0.453 e. The molecule has 0 aliphatic rings. The van der Waals surface area contributed by atoms with Crippen molar-refractivity contribution in [3.63, 3.8) is 0 Å². The van der Waals surface area contributed by atoms with Crippen LogP contribution in [0.1, 0.15) is 37.1 Å². The molecule has 4 aromatic carbocycles. The van der Waals surface area contributed by atoms with Gasteiger partial charge in [-0.2, -0.15) is 0 Å². The second kappa shape index (κ2) is 20.2. The van der Waals surface area contributed by atoms with Gasteiger partial charge in [0.2, 0.25) is 0 Å². The first-order valence-corrected chi connectivity index (χ1v) is 14.6. The molecule has 0 aromatic heterocycles. The molecule has 4 rings (SSSR count). The Hall–Kier alpha value is -6.08. The molecule has 0 heterocycles. The number of carbonyl (C=O) groups excluding carboxylic acids is 4. The first-order chi connectivity index (χ1) is 22.8. The van der Waals surface area contributed by atoms with Gasteiger partial charge in [0, 0.05) is 29.9 Å². The lowest BCUT2D eigenvalue weighted by Gasteiger charge is -2.11. The molecule has 0 saturated heterocycles. The van der Waals surface area contributed by atoms with Crippen molar-refractivity contribution in [2.24, 2.45) is 0 Å². The Balaban J connectivity index is 0.00000417. The van der Waals surface area contributed by atoms with Gasteiger partial charge in [-0.25, -0.2) is 30.0 Å². The molecule has 6 amide bonds. The summed E-state index contributed by atoms with van der Waals surface area (Å²) in [7, 11) is 2.84. The Kier molecular flexibility index (Phi) is 16.1. The lowest BCUT2D eigenvalue weighted by Crippen LogP contribution is -2.45. The average molecular weight is 673 g/mol. The lowest BCUT2D eigenvalue weighted by atomic mass is 10.0. The minimum absolute atomic E-state index is 0. The predicted molar refractivity (Wildman–Crippen MR) is 192 cm³/mol. The van der Waals surface area contributed by atoms with E-state index in [1.165, 1.54) is 14.2 Å². The summed E-state index contributed by atoms with van der Waals surface area (Å²) in [5.74, 6) is 0. The van der Waals surface area contributed by atoms with E-state index in [1.807, 2.05) is 48.5 Å². The highest BCUT2D eigenvalue weighted by atomic mass is 16.6. The molecular formula is C36H44N6O7. The van der Waals surface area contributed by atoms with Crippen LogP contribution in [0.4, 0.5) is 41.9 Å². The Morgan fingerprint density at radius 3 is 1.12 bits per heavy atom. The van der Waals surface area contributed by atoms with Crippen LogP contribution in [-0.2, 0) is 27.1 Å². The van der Waals surface area contributed by atoms with Crippen molar-refractivity contribution in [2.75, 3.05) is 48.7 Å². The second-order valence-corrected chi connectivity index (χ2v) is 10.2. The van der Waals surface area contributed by atoms with E-state index in [0.717, 1.165) is 22.3 Å². The SMILES string of the molecule is C.C.COCCOC(=O)Nc1ccc(Cc2ccc(NC(=O)NNC(=O)Nc3ccc(Cc4ccc(NC(=O)OC)cc4)cc3)cc2)cc1. The Labute approximate surface area is 286 Å². The van der Waals surface area contributed by atoms with Gasteiger partial charge in [0.1, 0.15) is 6.61 Å². The summed E-state index contributed by atoms with van der Waals surface area (Å²) in [6, 6.07) is 28.2. The third-order valence-electron chi connectivity index (χ3n) is 6.64. The van der Waals surface area contributed by atoms with E-state index >= 15 is 0 Å². The summed E-state index contributed by atoms with van der Waals surface area (Å²) in [4.78, 5) is 47.7. The lowest BCUT2D eigenvalue weighted by molar-refractivity contribution is 0.107. The highest BCUT2D eigenvalue weighted by Crippen LogP contribution is 2.18. The molecule has 0 saturated carbocycles. The Morgan fingerprint density at radius 2 is 0.796 bits per heavy atom. The molecule has 0 radical (unpaired) electrons. The molecule has 0 bridgehead atoms. The number of hydrazine groups is 1. The van der Waals surface area contributed by atoms with Crippen LogP contribution in [0.25, 0.3) is 0 Å². The molecule has 4 aromatic rings. The van der Waals surface area contributed by atoms with E-state index in [4.69, 9.17) is 9.47 Å². The minimum atomic E-state index is -0.611. The van der Waals surface area contributed by atoms with Crippen molar-refractivity contribution in [3.8, 4) is 0 Å². The highest BCUT2D eigenvalue weighted by molar-refractivity contribution is 5.94. The second-order valence-electron chi connectivity index (χ2n) is 10.2. The third kappa shape index (κ3) is 13.7. The first kappa shape index (κ1) is 39.1. The number of carbonyl (C=O) groups is 4. The first-order valence-electron chi connectivity index (χ1n) is 14.6. The van der Waals surface area contributed by atoms with Gasteiger partial charge in [-0.1, -0.05) is 63.4 Å². The van der Waals surface area contributed by atoms with Gasteiger partial charge in [-0.15, -0.1) is 0 Å². The summed E-state index contributed by atoms with van der Waals surface area (Å²) in [6.45, 7) is 0.505. The summed E-state index contributed by atoms with van der Waals surface area (Å²) >= 11 is 0. The number of hydrogen-bond acceptors (Lipinski definition) is 7. The largest absolute Gasteiger partial charge is 0.453 e. The van der Waals surface area contributed by atoms with Crippen LogP contribution in [0.3, 0.4) is 0 Å². The van der Waals surface area contributed by atoms with Crippen LogP contribution in [0, 0.1) is 0 Å². The van der Waals surface area contributed by atoms with E-state index < -0.39 is 24.2 Å². The van der Waals surface area contributed by atoms with Crippen LogP contribution in [-0.4, -0.2) is 51.7 Å². The maximum atomic E-state index is 12.3. The van der Waals surface area contributed by atoms with Crippen LogP contribution in [0.5, 0.6) is 0 Å². The number of nitrogens with one attached hydrogen (secondary N) is 6. The smallest absolute Gasteiger partial charge is 0.411 e. The summed E-state index contributed by atoms with van der Waals surface area (Å²) in [6.07, 6.45) is 0.237. The van der Waals surface area contributed by atoms with Gasteiger partial charge in [-0.3, -0.25) is 10.6 Å². The summed E-state index contributed by atoms with van der Waals surface area (Å²) < 4.78 is 14.4. The van der Waals surface area contributed by atoms with Crippen molar-refractivity contribution in [1.82, 2.24) is 10.9 Å². The van der Waals surface area contributed by atoms with Gasteiger partial charge < -0.3 is 24.8 Å². The van der Waals surface area contributed by atoms with E-state index in [2.05, 4.69) is 36.9 Å². The van der Waals surface area contributed by atoms with Crippen LogP contribution in [0.15, 0.2) is 97.1 Å². The maximum Gasteiger partial charge on any atom is 0.411 e. The van der Waals surface area contributed by atoms with Gasteiger partial charge in [0.05, 0.1) is 13.7 Å². The number of hydrogen-bond donors (Lipinski definition) is 6. The molecular weight excluding hydrogens is 628 g/mol. The molecule has 0 fully saturated rings. The fraction of sp³-hybridized carbons (Fsp3) is 0.222. The van der Waals surface area contributed by atoms with Crippen LogP contribution < -0.4 is 32.1 Å². The van der Waals surface area contributed by atoms with Crippen LogP contribution >= 0.6 is 0 Å². The summed E-state index contributed by atoms with van der Waals surface area (Å²) in [5, 5.41) is 10.6. The molecule has 0 atom stereocenters. The van der Waals surface area contributed by atoms with Gasteiger partial charge in [-0.05, 0) is 83.6 Å². The van der Waals surface area contributed by atoms with Crippen molar-refractivity contribution in [1.29, 1.82) is 0 Å². The number of ether oxygens (including phenoxy) is 3. The topological polar surface area (TPSA) is 168 Å². The van der Waals surface area contributed by atoms with E-state index in [1.54, 1.807) is 48.5 Å². The average Bonchev–Trinajstić information content (AvgIpc) is 3.07. The molecule has 260 valence electrons.